The van der Waals surface area contributed by atoms with E-state index in [9.17, 15) is 29.3 Å². The van der Waals surface area contributed by atoms with Crippen molar-refractivity contribution in [1.29, 1.82) is 0 Å². The summed E-state index contributed by atoms with van der Waals surface area (Å²) in [7, 11) is 0. The lowest BCUT2D eigenvalue weighted by Crippen LogP contribution is -2.43. The van der Waals surface area contributed by atoms with E-state index in [0.29, 0.717) is 17.9 Å². The van der Waals surface area contributed by atoms with E-state index in [0.717, 1.165) is 12.5 Å². The first kappa shape index (κ1) is 25.0. The monoisotopic (exact) mass is 457 g/mol. The summed E-state index contributed by atoms with van der Waals surface area (Å²) in [5, 5.41) is 10.7. The number of ether oxygens (including phenoxy) is 2. The molecule has 0 saturated heterocycles. The van der Waals surface area contributed by atoms with Crippen LogP contribution in [0.2, 0.25) is 0 Å². The highest BCUT2D eigenvalue weighted by Crippen LogP contribution is 2.15. The topological polar surface area (TPSA) is 154 Å². The number of hydrogen-bond acceptors (Lipinski definition) is 8. The summed E-state index contributed by atoms with van der Waals surface area (Å²) in [6.07, 6.45) is 0.546. The van der Waals surface area contributed by atoms with Crippen LogP contribution in [0.5, 0.6) is 5.75 Å². The van der Waals surface area contributed by atoms with Gasteiger partial charge in [0.2, 0.25) is 0 Å². The number of hydrogen-bond donors (Lipinski definition) is 2. The molecule has 0 heterocycles. The minimum atomic E-state index is -0.823. The summed E-state index contributed by atoms with van der Waals surface area (Å²) in [6.45, 7) is 1.88. The van der Waals surface area contributed by atoms with Gasteiger partial charge >= 0.3 is 5.97 Å². The molecule has 0 atom stereocenters. The van der Waals surface area contributed by atoms with Crippen LogP contribution in [-0.4, -0.2) is 41.7 Å². The number of hydrazine groups is 1. The summed E-state index contributed by atoms with van der Waals surface area (Å²) in [5.74, 6) is -1.98. The number of Topliss-reactive ketones (excluding diaryl/α,β-unsaturated/α-hetero) is 1. The number of rotatable bonds is 11. The number of nitro groups is 1. The highest BCUT2D eigenvalue weighted by atomic mass is 16.6. The molecule has 2 aromatic rings. The number of nitro benzene ring substituents is 1. The van der Waals surface area contributed by atoms with Crippen LogP contribution < -0.4 is 15.6 Å². The van der Waals surface area contributed by atoms with Gasteiger partial charge in [-0.25, -0.2) is 0 Å². The number of nitrogens with zero attached hydrogens (tertiary/aromatic N) is 1. The normalized spacial score (nSPS) is 10.1. The first-order chi connectivity index (χ1) is 15.8. The van der Waals surface area contributed by atoms with Gasteiger partial charge in [0, 0.05) is 29.7 Å². The predicted molar refractivity (Wildman–Crippen MR) is 115 cm³/mol. The number of amides is 2. The van der Waals surface area contributed by atoms with Crippen LogP contribution >= 0.6 is 0 Å². The predicted octanol–water partition coefficient (Wildman–Crippen LogP) is 2.35. The standard InChI is InChI=1S/C22H23N3O8/c1-2-12-32-18-8-6-15(7-9-18)19(26)10-11-21(28)33-14-20(27)23-24-22(29)16-4-3-5-17(13-16)25(30)31/h3-9,13H,2,10-12,14H2,1H3,(H,23,27)(H,24,29). The Morgan fingerprint density at radius 1 is 0.970 bits per heavy atom. The molecular formula is C22H23N3O8. The summed E-state index contributed by atoms with van der Waals surface area (Å²) < 4.78 is 10.2. The molecule has 11 nitrogen and oxygen atoms in total. The van der Waals surface area contributed by atoms with Crippen molar-refractivity contribution in [3.63, 3.8) is 0 Å². The molecule has 33 heavy (non-hydrogen) atoms. The zero-order valence-electron chi connectivity index (χ0n) is 17.9. The van der Waals surface area contributed by atoms with Crippen molar-refractivity contribution >= 4 is 29.3 Å². The van der Waals surface area contributed by atoms with E-state index in [4.69, 9.17) is 9.47 Å². The summed E-state index contributed by atoms with van der Waals surface area (Å²) in [4.78, 5) is 57.7. The van der Waals surface area contributed by atoms with Gasteiger partial charge in [-0.15, -0.1) is 0 Å². The van der Waals surface area contributed by atoms with Crippen LogP contribution in [0.1, 0.15) is 46.9 Å². The highest BCUT2D eigenvalue weighted by Gasteiger charge is 2.14. The fourth-order valence-corrected chi connectivity index (χ4v) is 2.53. The van der Waals surface area contributed by atoms with Crippen molar-refractivity contribution in [2.45, 2.75) is 26.2 Å². The Morgan fingerprint density at radius 2 is 1.70 bits per heavy atom. The first-order valence-corrected chi connectivity index (χ1v) is 10.1. The number of non-ortho nitro benzene ring substituents is 1. The lowest BCUT2D eigenvalue weighted by atomic mass is 10.1. The molecule has 0 bridgehead atoms. The molecule has 0 aromatic heterocycles. The minimum Gasteiger partial charge on any atom is -0.494 e. The third kappa shape index (κ3) is 8.40. The number of ketones is 1. The fourth-order valence-electron chi connectivity index (χ4n) is 2.53. The van der Waals surface area contributed by atoms with Gasteiger partial charge in [0.15, 0.2) is 12.4 Å². The van der Waals surface area contributed by atoms with Gasteiger partial charge in [-0.05, 0) is 36.8 Å². The molecule has 11 heteroatoms. The van der Waals surface area contributed by atoms with Crippen LogP contribution in [0.15, 0.2) is 48.5 Å². The van der Waals surface area contributed by atoms with E-state index in [-0.39, 0.29) is 29.9 Å². The van der Waals surface area contributed by atoms with E-state index in [1.807, 2.05) is 12.3 Å². The molecular weight excluding hydrogens is 434 g/mol. The quantitative estimate of drug-likeness (QED) is 0.226. The average molecular weight is 457 g/mol. The van der Waals surface area contributed by atoms with E-state index < -0.39 is 29.3 Å². The molecule has 0 spiro atoms. The second-order valence-corrected chi connectivity index (χ2v) is 6.77. The van der Waals surface area contributed by atoms with Gasteiger partial charge in [0.1, 0.15) is 5.75 Å². The third-order valence-corrected chi connectivity index (χ3v) is 4.20. The molecule has 0 radical (unpaired) electrons. The molecule has 174 valence electrons. The summed E-state index contributed by atoms with van der Waals surface area (Å²) in [5.41, 5.74) is 4.20. The van der Waals surface area contributed by atoms with Crippen molar-refractivity contribution in [1.82, 2.24) is 10.9 Å². The second-order valence-electron chi connectivity index (χ2n) is 6.77. The summed E-state index contributed by atoms with van der Waals surface area (Å²) >= 11 is 0. The van der Waals surface area contributed by atoms with Gasteiger partial charge in [-0.2, -0.15) is 0 Å². The van der Waals surface area contributed by atoms with E-state index in [1.165, 1.54) is 18.2 Å². The van der Waals surface area contributed by atoms with Gasteiger partial charge in [0.25, 0.3) is 17.5 Å². The van der Waals surface area contributed by atoms with Crippen molar-refractivity contribution in [3.05, 3.63) is 69.8 Å². The Bertz CT molecular complexity index is 1020. The molecule has 2 aromatic carbocycles. The molecule has 0 aliphatic heterocycles. The Morgan fingerprint density at radius 3 is 2.36 bits per heavy atom. The second kappa shape index (κ2) is 12.5. The molecule has 0 aliphatic rings. The van der Waals surface area contributed by atoms with Crippen molar-refractivity contribution in [2.24, 2.45) is 0 Å². The van der Waals surface area contributed by atoms with Crippen molar-refractivity contribution < 1.29 is 33.6 Å². The largest absolute Gasteiger partial charge is 0.494 e. The maximum absolute atomic E-state index is 12.2. The SMILES string of the molecule is CCCOc1ccc(C(=O)CCC(=O)OCC(=O)NNC(=O)c2cccc([N+](=O)[O-])c2)cc1. The zero-order chi connectivity index (χ0) is 24.2. The first-order valence-electron chi connectivity index (χ1n) is 10.1. The zero-order valence-corrected chi connectivity index (χ0v) is 17.9. The van der Waals surface area contributed by atoms with E-state index in [1.54, 1.807) is 24.3 Å². The molecule has 2 amide bonds. The van der Waals surface area contributed by atoms with Gasteiger partial charge in [0.05, 0.1) is 18.0 Å². The Kier molecular flexibility index (Phi) is 9.50. The van der Waals surface area contributed by atoms with E-state index in [2.05, 4.69) is 5.43 Å². The average Bonchev–Trinajstić information content (AvgIpc) is 2.83. The Labute approximate surface area is 189 Å². The number of benzene rings is 2. The number of carbonyl (C=O) groups excluding carboxylic acids is 4. The lowest BCUT2D eigenvalue weighted by molar-refractivity contribution is -0.384. The Balaban J connectivity index is 1.69. The van der Waals surface area contributed by atoms with Gasteiger partial charge in [-0.1, -0.05) is 13.0 Å². The molecule has 0 saturated carbocycles. The Hall–Kier alpha value is -4.28. The maximum atomic E-state index is 12.2. The number of nitrogens with one attached hydrogen (secondary N) is 2. The molecule has 0 unspecified atom stereocenters. The smallest absolute Gasteiger partial charge is 0.306 e. The van der Waals surface area contributed by atoms with Gasteiger partial charge < -0.3 is 9.47 Å². The lowest BCUT2D eigenvalue weighted by Gasteiger charge is -2.08. The third-order valence-electron chi connectivity index (χ3n) is 4.20. The fraction of sp³-hybridized carbons (Fsp3) is 0.273. The minimum absolute atomic E-state index is 0.0371. The van der Waals surface area contributed by atoms with Crippen LogP contribution in [0.3, 0.4) is 0 Å². The molecule has 2 rings (SSSR count). The van der Waals surface area contributed by atoms with Crippen LogP contribution in [0.25, 0.3) is 0 Å². The van der Waals surface area contributed by atoms with Crippen LogP contribution in [0.4, 0.5) is 5.69 Å². The number of esters is 1. The highest BCUT2D eigenvalue weighted by molar-refractivity contribution is 5.98. The maximum Gasteiger partial charge on any atom is 0.306 e. The number of carbonyl (C=O) groups is 4. The molecule has 0 fully saturated rings. The summed E-state index contributed by atoms with van der Waals surface area (Å²) in [6, 6.07) is 11.5. The van der Waals surface area contributed by atoms with Crippen LogP contribution in [-0.2, 0) is 14.3 Å². The van der Waals surface area contributed by atoms with Crippen LogP contribution in [0, 0.1) is 10.1 Å². The molecule has 0 aliphatic carbocycles. The molecule has 2 N–H and O–H groups in total. The van der Waals surface area contributed by atoms with Crippen molar-refractivity contribution in [2.75, 3.05) is 13.2 Å². The van der Waals surface area contributed by atoms with Gasteiger partial charge in [-0.3, -0.25) is 40.1 Å². The van der Waals surface area contributed by atoms with Crippen molar-refractivity contribution in [3.8, 4) is 5.75 Å². The van der Waals surface area contributed by atoms with E-state index >= 15 is 0 Å².